The summed E-state index contributed by atoms with van der Waals surface area (Å²) in [4.78, 5) is 4.68. The summed E-state index contributed by atoms with van der Waals surface area (Å²) in [5.41, 5.74) is 0. The zero-order valence-corrected chi connectivity index (χ0v) is 14.4. The molecule has 0 aromatic rings. The van der Waals surface area contributed by atoms with E-state index in [0.717, 1.165) is 36.8 Å². The first-order valence-electron chi connectivity index (χ1n) is 7.02. The molecule has 5 heteroatoms. The lowest BCUT2D eigenvalue weighted by molar-refractivity contribution is 0.326. The molecule has 106 valence electrons. The summed E-state index contributed by atoms with van der Waals surface area (Å²) in [6.07, 6.45) is 6.90. The minimum atomic E-state index is 0. The standard InChI is InChI=1S/C13H25N3S.HI/c1-2-14-13(15-9-11-5-3-6-11)16-10-12-7-4-8-17-12;/h11-12H,2-10H2,1H3,(H2,14,15,16);1H. The highest BCUT2D eigenvalue weighted by Crippen LogP contribution is 2.26. The molecule has 1 saturated heterocycles. The quantitative estimate of drug-likeness (QED) is 0.436. The van der Waals surface area contributed by atoms with Gasteiger partial charge in [0.05, 0.1) is 0 Å². The minimum Gasteiger partial charge on any atom is -0.357 e. The smallest absolute Gasteiger partial charge is 0.191 e. The summed E-state index contributed by atoms with van der Waals surface area (Å²) in [5, 5.41) is 7.62. The van der Waals surface area contributed by atoms with Crippen LogP contribution in [0.2, 0.25) is 0 Å². The number of guanidine groups is 1. The third kappa shape index (κ3) is 5.55. The van der Waals surface area contributed by atoms with Crippen molar-refractivity contribution < 1.29 is 0 Å². The normalized spacial score (nSPS) is 24.3. The van der Waals surface area contributed by atoms with E-state index in [2.05, 4.69) is 34.3 Å². The van der Waals surface area contributed by atoms with Crippen LogP contribution >= 0.6 is 35.7 Å². The fourth-order valence-electron chi connectivity index (χ4n) is 2.25. The van der Waals surface area contributed by atoms with E-state index in [-0.39, 0.29) is 24.0 Å². The van der Waals surface area contributed by atoms with Crippen molar-refractivity contribution in [2.24, 2.45) is 10.9 Å². The second-order valence-corrected chi connectivity index (χ2v) is 6.44. The van der Waals surface area contributed by atoms with Crippen molar-refractivity contribution in [3.63, 3.8) is 0 Å². The SMILES string of the molecule is CCNC(=NCC1CCC1)NCC1CCCS1.I. The molecule has 2 aliphatic rings. The third-order valence-corrected chi connectivity index (χ3v) is 5.00. The first kappa shape index (κ1) is 16.4. The zero-order chi connectivity index (χ0) is 11.9. The maximum atomic E-state index is 4.68. The number of nitrogens with zero attached hydrogens (tertiary/aromatic N) is 1. The summed E-state index contributed by atoms with van der Waals surface area (Å²) in [7, 11) is 0. The summed E-state index contributed by atoms with van der Waals surface area (Å²) >= 11 is 2.10. The number of hydrogen-bond donors (Lipinski definition) is 2. The Bertz CT molecular complexity index is 251. The molecule has 1 saturated carbocycles. The van der Waals surface area contributed by atoms with Crippen molar-refractivity contribution >= 4 is 41.7 Å². The maximum Gasteiger partial charge on any atom is 0.191 e. The average molecular weight is 383 g/mol. The Kier molecular flexibility index (Phi) is 8.46. The van der Waals surface area contributed by atoms with Crippen LogP contribution < -0.4 is 10.6 Å². The Hall–Kier alpha value is 0.350. The molecule has 0 spiro atoms. The molecule has 0 radical (unpaired) electrons. The lowest BCUT2D eigenvalue weighted by Gasteiger charge is -2.24. The van der Waals surface area contributed by atoms with Crippen molar-refractivity contribution in [3.8, 4) is 0 Å². The Morgan fingerprint density at radius 3 is 2.61 bits per heavy atom. The van der Waals surface area contributed by atoms with Gasteiger partial charge in [0.1, 0.15) is 0 Å². The number of rotatable bonds is 5. The molecule has 1 aliphatic heterocycles. The second kappa shape index (κ2) is 9.28. The average Bonchev–Trinajstić information content (AvgIpc) is 2.76. The highest BCUT2D eigenvalue weighted by molar-refractivity contribution is 14.0. The molecule has 1 unspecified atom stereocenters. The highest BCUT2D eigenvalue weighted by Gasteiger charge is 2.18. The van der Waals surface area contributed by atoms with Gasteiger partial charge in [-0.3, -0.25) is 4.99 Å². The van der Waals surface area contributed by atoms with Crippen molar-refractivity contribution in [2.75, 3.05) is 25.4 Å². The third-order valence-electron chi connectivity index (χ3n) is 3.60. The molecule has 2 N–H and O–H groups in total. The summed E-state index contributed by atoms with van der Waals surface area (Å²) in [6.45, 7) is 5.16. The Labute approximate surface area is 132 Å². The Balaban J connectivity index is 0.00000162. The van der Waals surface area contributed by atoms with Gasteiger partial charge < -0.3 is 10.6 Å². The molecule has 0 aromatic heterocycles. The van der Waals surface area contributed by atoms with Gasteiger partial charge in [-0.15, -0.1) is 24.0 Å². The Morgan fingerprint density at radius 1 is 1.22 bits per heavy atom. The molecule has 0 bridgehead atoms. The minimum absolute atomic E-state index is 0. The van der Waals surface area contributed by atoms with Gasteiger partial charge in [0, 0.05) is 24.9 Å². The lowest BCUT2D eigenvalue weighted by atomic mass is 9.86. The van der Waals surface area contributed by atoms with Crippen LogP contribution in [0.25, 0.3) is 0 Å². The zero-order valence-electron chi connectivity index (χ0n) is 11.3. The van der Waals surface area contributed by atoms with Crippen LogP contribution in [0.5, 0.6) is 0 Å². The maximum absolute atomic E-state index is 4.68. The van der Waals surface area contributed by atoms with Crippen molar-refractivity contribution in [3.05, 3.63) is 0 Å². The van der Waals surface area contributed by atoms with Crippen LogP contribution in [0.1, 0.15) is 39.0 Å². The molecular formula is C13H26IN3S. The highest BCUT2D eigenvalue weighted by atomic mass is 127. The number of aliphatic imine (C=N–C) groups is 1. The molecule has 1 atom stereocenters. The van der Waals surface area contributed by atoms with E-state index in [9.17, 15) is 0 Å². The monoisotopic (exact) mass is 383 g/mol. The van der Waals surface area contributed by atoms with Gasteiger partial charge in [-0.2, -0.15) is 11.8 Å². The van der Waals surface area contributed by atoms with E-state index in [0.29, 0.717) is 0 Å². The van der Waals surface area contributed by atoms with E-state index in [4.69, 9.17) is 0 Å². The topological polar surface area (TPSA) is 36.4 Å². The van der Waals surface area contributed by atoms with Gasteiger partial charge in [0.15, 0.2) is 5.96 Å². The predicted molar refractivity (Wildman–Crippen MR) is 92.2 cm³/mol. The van der Waals surface area contributed by atoms with Crippen LogP contribution in [-0.2, 0) is 0 Å². The van der Waals surface area contributed by atoms with Crippen LogP contribution in [0.3, 0.4) is 0 Å². The van der Waals surface area contributed by atoms with Crippen LogP contribution in [0.15, 0.2) is 4.99 Å². The molecule has 18 heavy (non-hydrogen) atoms. The largest absolute Gasteiger partial charge is 0.357 e. The second-order valence-electron chi connectivity index (χ2n) is 5.03. The molecular weight excluding hydrogens is 357 g/mol. The molecule has 1 heterocycles. The first-order chi connectivity index (χ1) is 8.38. The Morgan fingerprint density at radius 2 is 2.06 bits per heavy atom. The van der Waals surface area contributed by atoms with Gasteiger partial charge in [0.2, 0.25) is 0 Å². The van der Waals surface area contributed by atoms with Gasteiger partial charge in [-0.1, -0.05) is 6.42 Å². The number of hydrogen-bond acceptors (Lipinski definition) is 2. The van der Waals surface area contributed by atoms with Gasteiger partial charge in [0.25, 0.3) is 0 Å². The van der Waals surface area contributed by atoms with Crippen molar-refractivity contribution in [2.45, 2.75) is 44.3 Å². The first-order valence-corrected chi connectivity index (χ1v) is 8.07. The summed E-state index contributed by atoms with van der Waals surface area (Å²) < 4.78 is 0. The lowest BCUT2D eigenvalue weighted by Crippen LogP contribution is -2.40. The summed E-state index contributed by atoms with van der Waals surface area (Å²) in [5.74, 6) is 3.21. The molecule has 1 aliphatic carbocycles. The van der Waals surface area contributed by atoms with Crippen LogP contribution in [0, 0.1) is 5.92 Å². The van der Waals surface area contributed by atoms with Gasteiger partial charge >= 0.3 is 0 Å². The van der Waals surface area contributed by atoms with Gasteiger partial charge in [-0.05, 0) is 44.3 Å². The molecule has 0 aromatic carbocycles. The van der Waals surface area contributed by atoms with Gasteiger partial charge in [-0.25, -0.2) is 0 Å². The van der Waals surface area contributed by atoms with Crippen LogP contribution in [0.4, 0.5) is 0 Å². The van der Waals surface area contributed by atoms with E-state index < -0.39 is 0 Å². The fraction of sp³-hybridized carbons (Fsp3) is 0.923. The fourth-order valence-corrected chi connectivity index (χ4v) is 3.45. The van der Waals surface area contributed by atoms with E-state index >= 15 is 0 Å². The number of thioether (sulfide) groups is 1. The van der Waals surface area contributed by atoms with E-state index in [1.54, 1.807) is 0 Å². The molecule has 2 rings (SSSR count). The molecule has 0 amide bonds. The van der Waals surface area contributed by atoms with Crippen molar-refractivity contribution in [1.82, 2.24) is 10.6 Å². The van der Waals surface area contributed by atoms with Crippen LogP contribution in [-0.4, -0.2) is 36.6 Å². The molecule has 2 fully saturated rings. The van der Waals surface area contributed by atoms with E-state index in [1.807, 2.05) is 0 Å². The summed E-state index contributed by atoms with van der Waals surface area (Å²) in [6, 6.07) is 0. The predicted octanol–water partition coefficient (Wildman–Crippen LogP) is 2.86. The van der Waals surface area contributed by atoms with E-state index in [1.165, 1.54) is 37.9 Å². The molecule has 3 nitrogen and oxygen atoms in total. The number of halogens is 1. The number of nitrogens with one attached hydrogen (secondary N) is 2. The van der Waals surface area contributed by atoms with Crippen molar-refractivity contribution in [1.29, 1.82) is 0 Å².